The quantitative estimate of drug-likeness (QED) is 0.734. The molecule has 0 aliphatic rings. The second-order valence-electron chi connectivity index (χ2n) is 6.17. The molecule has 1 heterocycles. The number of amides is 1. The number of hydrogen-bond donors (Lipinski definition) is 1. The Hall–Kier alpha value is -2.50. The number of alkyl halides is 3. The van der Waals surface area contributed by atoms with Crippen LogP contribution in [0.4, 0.5) is 13.2 Å². The standard InChI is InChI=1S/C20H23F3N2O/c1-5-10-25-14(4)17(6-2)13(3)18(25)19(26)24-12-15-8-7-9-16(11-15)20(21,22)23/h5,7-9,11H,1,6,10,12H2,2-4H3,(H,24,26). The molecule has 0 aliphatic heterocycles. The Morgan fingerprint density at radius 2 is 2.00 bits per heavy atom. The van der Waals surface area contributed by atoms with Crippen molar-refractivity contribution in [3.05, 3.63) is 70.6 Å². The van der Waals surface area contributed by atoms with Crippen molar-refractivity contribution in [1.29, 1.82) is 0 Å². The predicted octanol–water partition coefficient (Wildman–Crippen LogP) is 4.80. The average molecular weight is 364 g/mol. The molecule has 0 aliphatic carbocycles. The summed E-state index contributed by atoms with van der Waals surface area (Å²) in [6.45, 7) is 10.1. The zero-order valence-corrected chi connectivity index (χ0v) is 15.2. The molecule has 0 bridgehead atoms. The largest absolute Gasteiger partial charge is 0.416 e. The van der Waals surface area contributed by atoms with Crippen LogP contribution in [0.5, 0.6) is 0 Å². The summed E-state index contributed by atoms with van der Waals surface area (Å²) in [6.07, 6.45) is -1.88. The minimum Gasteiger partial charge on any atom is -0.347 e. The van der Waals surface area contributed by atoms with Gasteiger partial charge >= 0.3 is 6.18 Å². The van der Waals surface area contributed by atoms with E-state index in [1.807, 2.05) is 25.3 Å². The predicted molar refractivity (Wildman–Crippen MR) is 96.1 cm³/mol. The van der Waals surface area contributed by atoms with Crippen molar-refractivity contribution in [3.63, 3.8) is 0 Å². The van der Waals surface area contributed by atoms with Crippen LogP contribution in [-0.2, 0) is 25.7 Å². The van der Waals surface area contributed by atoms with E-state index in [0.717, 1.165) is 35.4 Å². The molecular weight excluding hydrogens is 341 g/mol. The molecule has 1 aromatic heterocycles. The zero-order chi connectivity index (χ0) is 19.5. The lowest BCUT2D eigenvalue weighted by atomic mass is 10.1. The highest BCUT2D eigenvalue weighted by atomic mass is 19.4. The van der Waals surface area contributed by atoms with E-state index < -0.39 is 11.7 Å². The van der Waals surface area contributed by atoms with E-state index in [2.05, 4.69) is 11.9 Å². The second kappa shape index (κ2) is 7.81. The molecule has 1 aromatic carbocycles. The van der Waals surface area contributed by atoms with Crippen LogP contribution in [0.25, 0.3) is 0 Å². The van der Waals surface area contributed by atoms with Crippen molar-refractivity contribution in [3.8, 4) is 0 Å². The molecule has 1 N–H and O–H groups in total. The van der Waals surface area contributed by atoms with Gasteiger partial charge in [0.2, 0.25) is 0 Å². The maximum absolute atomic E-state index is 12.8. The summed E-state index contributed by atoms with van der Waals surface area (Å²) >= 11 is 0. The number of carbonyl (C=O) groups is 1. The summed E-state index contributed by atoms with van der Waals surface area (Å²) in [7, 11) is 0. The van der Waals surface area contributed by atoms with Gasteiger partial charge < -0.3 is 9.88 Å². The van der Waals surface area contributed by atoms with Crippen molar-refractivity contribution in [1.82, 2.24) is 9.88 Å². The normalized spacial score (nSPS) is 11.5. The van der Waals surface area contributed by atoms with Crippen LogP contribution in [0, 0.1) is 13.8 Å². The Bertz CT molecular complexity index is 819. The SMILES string of the molecule is C=CCn1c(C)c(CC)c(C)c1C(=O)NCc1cccc(C(F)(F)F)c1. The number of halogens is 3. The molecule has 0 saturated heterocycles. The van der Waals surface area contributed by atoms with Crippen LogP contribution in [0.3, 0.4) is 0 Å². The summed E-state index contributed by atoms with van der Waals surface area (Å²) in [5, 5.41) is 2.74. The summed E-state index contributed by atoms with van der Waals surface area (Å²) in [4.78, 5) is 12.7. The summed E-state index contributed by atoms with van der Waals surface area (Å²) in [6, 6.07) is 4.98. The van der Waals surface area contributed by atoms with Crippen molar-refractivity contribution in [2.45, 2.75) is 46.5 Å². The Labute approximate surface area is 151 Å². The van der Waals surface area contributed by atoms with Gasteiger partial charge in [0.15, 0.2) is 0 Å². The minimum atomic E-state index is -4.40. The number of benzene rings is 1. The Morgan fingerprint density at radius 1 is 1.31 bits per heavy atom. The number of hydrogen-bond acceptors (Lipinski definition) is 1. The fraction of sp³-hybridized carbons (Fsp3) is 0.350. The van der Waals surface area contributed by atoms with Gasteiger partial charge in [-0.3, -0.25) is 4.79 Å². The van der Waals surface area contributed by atoms with E-state index >= 15 is 0 Å². The third kappa shape index (κ3) is 4.00. The molecule has 2 aromatic rings. The van der Waals surface area contributed by atoms with Crippen molar-refractivity contribution in [2.75, 3.05) is 0 Å². The van der Waals surface area contributed by atoms with Crippen LogP contribution < -0.4 is 5.32 Å². The van der Waals surface area contributed by atoms with Crippen LogP contribution in [0.1, 0.15) is 45.4 Å². The maximum atomic E-state index is 12.8. The van der Waals surface area contributed by atoms with E-state index in [4.69, 9.17) is 0 Å². The van der Waals surface area contributed by atoms with Gasteiger partial charge in [-0.05, 0) is 49.1 Å². The minimum absolute atomic E-state index is 0.0297. The average Bonchev–Trinajstić information content (AvgIpc) is 2.82. The Morgan fingerprint density at radius 3 is 2.58 bits per heavy atom. The van der Waals surface area contributed by atoms with Gasteiger partial charge in [-0.25, -0.2) is 0 Å². The molecule has 0 radical (unpaired) electrons. The first-order chi connectivity index (χ1) is 12.2. The third-order valence-corrected chi connectivity index (χ3v) is 4.51. The van der Waals surface area contributed by atoms with Crippen molar-refractivity contribution < 1.29 is 18.0 Å². The molecule has 140 valence electrons. The van der Waals surface area contributed by atoms with E-state index in [1.165, 1.54) is 6.07 Å². The van der Waals surface area contributed by atoms with Gasteiger partial charge in [-0.1, -0.05) is 25.1 Å². The van der Waals surface area contributed by atoms with Crippen LogP contribution in [0.15, 0.2) is 36.9 Å². The van der Waals surface area contributed by atoms with Gasteiger partial charge in [0, 0.05) is 18.8 Å². The first kappa shape index (κ1) is 19.8. The molecule has 26 heavy (non-hydrogen) atoms. The van der Waals surface area contributed by atoms with Crippen LogP contribution >= 0.6 is 0 Å². The molecule has 0 fully saturated rings. The number of aromatic nitrogens is 1. The van der Waals surface area contributed by atoms with Gasteiger partial charge in [0.05, 0.1) is 5.56 Å². The first-order valence-corrected chi connectivity index (χ1v) is 8.44. The number of nitrogens with zero attached hydrogens (tertiary/aromatic N) is 1. The summed E-state index contributed by atoms with van der Waals surface area (Å²) in [5.41, 5.74) is 3.23. The lowest BCUT2D eigenvalue weighted by Gasteiger charge is -2.12. The number of allylic oxidation sites excluding steroid dienone is 1. The summed E-state index contributed by atoms with van der Waals surface area (Å²) < 4.78 is 40.3. The monoisotopic (exact) mass is 364 g/mol. The topological polar surface area (TPSA) is 34.0 Å². The van der Waals surface area contributed by atoms with Crippen LogP contribution in [-0.4, -0.2) is 10.5 Å². The van der Waals surface area contributed by atoms with Gasteiger partial charge in [-0.15, -0.1) is 6.58 Å². The molecule has 1 amide bonds. The lowest BCUT2D eigenvalue weighted by Crippen LogP contribution is -2.26. The molecule has 0 spiro atoms. The molecule has 0 atom stereocenters. The zero-order valence-electron chi connectivity index (χ0n) is 15.2. The van der Waals surface area contributed by atoms with Crippen molar-refractivity contribution in [2.24, 2.45) is 0 Å². The molecule has 2 rings (SSSR count). The van der Waals surface area contributed by atoms with Crippen molar-refractivity contribution >= 4 is 5.91 Å². The number of carbonyl (C=O) groups excluding carboxylic acids is 1. The highest BCUT2D eigenvalue weighted by molar-refractivity contribution is 5.95. The molecule has 0 unspecified atom stereocenters. The van der Waals surface area contributed by atoms with E-state index in [1.54, 1.807) is 12.1 Å². The smallest absolute Gasteiger partial charge is 0.347 e. The van der Waals surface area contributed by atoms with Gasteiger partial charge in [0.25, 0.3) is 5.91 Å². The molecule has 6 heteroatoms. The fourth-order valence-electron chi connectivity index (χ4n) is 3.24. The molecule has 0 saturated carbocycles. The molecule has 3 nitrogen and oxygen atoms in total. The highest BCUT2D eigenvalue weighted by Crippen LogP contribution is 2.29. The molecular formula is C20H23F3N2O. The van der Waals surface area contributed by atoms with Gasteiger partial charge in [0.1, 0.15) is 5.69 Å². The highest BCUT2D eigenvalue weighted by Gasteiger charge is 2.30. The fourth-order valence-corrected chi connectivity index (χ4v) is 3.24. The van der Waals surface area contributed by atoms with E-state index in [-0.39, 0.29) is 12.5 Å². The van der Waals surface area contributed by atoms with Gasteiger partial charge in [-0.2, -0.15) is 13.2 Å². The number of rotatable bonds is 6. The second-order valence-corrected chi connectivity index (χ2v) is 6.17. The Kier molecular flexibility index (Phi) is 5.95. The first-order valence-electron chi connectivity index (χ1n) is 8.44. The summed E-state index contributed by atoms with van der Waals surface area (Å²) in [5.74, 6) is -0.301. The number of nitrogens with one attached hydrogen (secondary N) is 1. The van der Waals surface area contributed by atoms with E-state index in [9.17, 15) is 18.0 Å². The third-order valence-electron chi connectivity index (χ3n) is 4.51. The van der Waals surface area contributed by atoms with Crippen LogP contribution in [0.2, 0.25) is 0 Å². The van der Waals surface area contributed by atoms with E-state index in [0.29, 0.717) is 17.8 Å². The maximum Gasteiger partial charge on any atom is 0.416 e. The lowest BCUT2D eigenvalue weighted by molar-refractivity contribution is -0.137. The Balaban J connectivity index is 2.25.